The minimum atomic E-state index is -0.147. The third kappa shape index (κ3) is 2.43. The normalized spacial score (nSPS) is 29.6. The van der Waals surface area contributed by atoms with Crippen LogP contribution >= 0.6 is 0 Å². The third-order valence-electron chi connectivity index (χ3n) is 4.07. The first-order valence-electron chi connectivity index (χ1n) is 6.05. The van der Waals surface area contributed by atoms with Gasteiger partial charge in [-0.3, -0.25) is 0 Å². The average Bonchev–Trinajstić information content (AvgIpc) is 2.59. The van der Waals surface area contributed by atoms with Crippen molar-refractivity contribution >= 4 is 0 Å². The Kier molecular flexibility index (Phi) is 3.29. The highest BCUT2D eigenvalue weighted by atomic mass is 19.1. The number of halogens is 1. The lowest BCUT2D eigenvalue weighted by Crippen LogP contribution is -2.25. The minimum absolute atomic E-state index is 0.147. The molecular formula is C14H20FN. The van der Waals surface area contributed by atoms with Gasteiger partial charge < -0.3 is 5.32 Å². The predicted octanol–water partition coefficient (Wildman–Crippen LogP) is 3.00. The summed E-state index contributed by atoms with van der Waals surface area (Å²) < 4.78 is 12.8. The molecule has 1 heterocycles. The van der Waals surface area contributed by atoms with Crippen LogP contribution in [0.25, 0.3) is 0 Å². The highest BCUT2D eigenvalue weighted by Gasteiger charge is 2.34. The lowest BCUT2D eigenvalue weighted by atomic mass is 9.76. The van der Waals surface area contributed by atoms with Crippen LogP contribution in [0.15, 0.2) is 24.3 Å². The summed E-state index contributed by atoms with van der Waals surface area (Å²) in [5, 5.41) is 3.45. The van der Waals surface area contributed by atoms with Crippen molar-refractivity contribution in [1.82, 2.24) is 5.32 Å². The van der Waals surface area contributed by atoms with Crippen LogP contribution in [-0.4, -0.2) is 13.1 Å². The van der Waals surface area contributed by atoms with E-state index in [1.54, 1.807) is 12.1 Å². The molecule has 1 aromatic carbocycles. The first-order valence-corrected chi connectivity index (χ1v) is 6.05. The molecular weight excluding hydrogens is 201 g/mol. The molecule has 1 aliphatic heterocycles. The van der Waals surface area contributed by atoms with E-state index in [1.807, 2.05) is 12.1 Å². The number of hydrogen-bond acceptors (Lipinski definition) is 1. The van der Waals surface area contributed by atoms with Crippen LogP contribution < -0.4 is 5.32 Å². The van der Waals surface area contributed by atoms with Crippen molar-refractivity contribution < 1.29 is 4.39 Å². The number of benzene rings is 1. The quantitative estimate of drug-likeness (QED) is 0.827. The number of hydrogen-bond donors (Lipinski definition) is 1. The molecule has 1 aliphatic rings. The lowest BCUT2D eigenvalue weighted by Gasteiger charge is -2.28. The molecule has 16 heavy (non-hydrogen) atoms. The van der Waals surface area contributed by atoms with Crippen molar-refractivity contribution in [2.45, 2.75) is 26.7 Å². The Morgan fingerprint density at radius 1 is 1.38 bits per heavy atom. The van der Waals surface area contributed by atoms with Crippen LogP contribution in [0.2, 0.25) is 0 Å². The first kappa shape index (κ1) is 11.6. The second-order valence-corrected chi connectivity index (χ2v) is 5.31. The number of nitrogens with one attached hydrogen (secondary N) is 1. The van der Waals surface area contributed by atoms with E-state index in [0.29, 0.717) is 5.41 Å². The van der Waals surface area contributed by atoms with E-state index in [2.05, 4.69) is 19.2 Å². The van der Waals surface area contributed by atoms with Crippen molar-refractivity contribution in [1.29, 1.82) is 0 Å². The SMILES string of the molecule is CC1CNCC1(C)CCc1ccc(F)cc1. The molecule has 2 atom stereocenters. The van der Waals surface area contributed by atoms with Gasteiger partial charge in [0.1, 0.15) is 5.82 Å². The van der Waals surface area contributed by atoms with Crippen molar-refractivity contribution in [3.05, 3.63) is 35.6 Å². The highest BCUT2D eigenvalue weighted by molar-refractivity contribution is 5.16. The van der Waals surface area contributed by atoms with Gasteiger partial charge in [0.25, 0.3) is 0 Å². The number of rotatable bonds is 3. The Hall–Kier alpha value is -0.890. The zero-order valence-corrected chi connectivity index (χ0v) is 10.1. The number of aryl methyl sites for hydroxylation is 1. The molecule has 0 radical (unpaired) electrons. The summed E-state index contributed by atoms with van der Waals surface area (Å²) in [6, 6.07) is 6.89. The van der Waals surface area contributed by atoms with Crippen LogP contribution in [0.4, 0.5) is 4.39 Å². The summed E-state index contributed by atoms with van der Waals surface area (Å²) in [5.41, 5.74) is 1.63. The maximum Gasteiger partial charge on any atom is 0.123 e. The van der Waals surface area contributed by atoms with E-state index >= 15 is 0 Å². The van der Waals surface area contributed by atoms with E-state index < -0.39 is 0 Å². The fourth-order valence-electron chi connectivity index (χ4n) is 2.41. The maximum atomic E-state index is 12.8. The zero-order valence-electron chi connectivity index (χ0n) is 10.1. The van der Waals surface area contributed by atoms with Crippen LogP contribution in [0.5, 0.6) is 0 Å². The third-order valence-corrected chi connectivity index (χ3v) is 4.07. The molecule has 2 unspecified atom stereocenters. The molecule has 2 heteroatoms. The monoisotopic (exact) mass is 221 g/mol. The van der Waals surface area contributed by atoms with Crippen LogP contribution in [0.3, 0.4) is 0 Å². The molecule has 0 spiro atoms. The largest absolute Gasteiger partial charge is 0.316 e. The molecule has 1 N–H and O–H groups in total. The summed E-state index contributed by atoms with van der Waals surface area (Å²) in [7, 11) is 0. The molecule has 1 fully saturated rings. The lowest BCUT2D eigenvalue weighted by molar-refractivity contribution is 0.252. The summed E-state index contributed by atoms with van der Waals surface area (Å²) in [6.45, 7) is 6.89. The molecule has 0 saturated carbocycles. The fourth-order valence-corrected chi connectivity index (χ4v) is 2.41. The van der Waals surface area contributed by atoms with Crippen LogP contribution in [0.1, 0.15) is 25.8 Å². The average molecular weight is 221 g/mol. The Labute approximate surface area is 97.1 Å². The Morgan fingerprint density at radius 3 is 2.62 bits per heavy atom. The Balaban J connectivity index is 1.94. The van der Waals surface area contributed by atoms with Gasteiger partial charge in [-0.1, -0.05) is 26.0 Å². The van der Waals surface area contributed by atoms with Crippen molar-refractivity contribution in [2.24, 2.45) is 11.3 Å². The fraction of sp³-hybridized carbons (Fsp3) is 0.571. The van der Waals surface area contributed by atoms with Gasteiger partial charge in [-0.15, -0.1) is 0 Å². The smallest absolute Gasteiger partial charge is 0.123 e. The predicted molar refractivity (Wildman–Crippen MR) is 64.9 cm³/mol. The van der Waals surface area contributed by atoms with Crippen LogP contribution in [0, 0.1) is 17.2 Å². The molecule has 1 nitrogen and oxygen atoms in total. The topological polar surface area (TPSA) is 12.0 Å². The second-order valence-electron chi connectivity index (χ2n) is 5.31. The summed E-state index contributed by atoms with van der Waals surface area (Å²) >= 11 is 0. The van der Waals surface area contributed by atoms with E-state index in [9.17, 15) is 4.39 Å². The molecule has 0 bridgehead atoms. The highest BCUT2D eigenvalue weighted by Crippen LogP contribution is 2.35. The van der Waals surface area contributed by atoms with Gasteiger partial charge in [0.05, 0.1) is 0 Å². The van der Waals surface area contributed by atoms with E-state index in [0.717, 1.165) is 25.4 Å². The van der Waals surface area contributed by atoms with Crippen molar-refractivity contribution in [2.75, 3.05) is 13.1 Å². The van der Waals surface area contributed by atoms with Gasteiger partial charge in [-0.2, -0.15) is 0 Å². The van der Waals surface area contributed by atoms with E-state index in [1.165, 1.54) is 12.0 Å². The molecule has 0 amide bonds. The Morgan fingerprint density at radius 2 is 2.06 bits per heavy atom. The second kappa shape index (κ2) is 4.54. The van der Waals surface area contributed by atoms with E-state index in [4.69, 9.17) is 0 Å². The van der Waals surface area contributed by atoms with Gasteiger partial charge in [-0.05, 0) is 48.4 Å². The molecule has 0 aliphatic carbocycles. The summed E-state index contributed by atoms with van der Waals surface area (Å²) in [4.78, 5) is 0. The van der Waals surface area contributed by atoms with Gasteiger partial charge in [0.2, 0.25) is 0 Å². The molecule has 88 valence electrons. The van der Waals surface area contributed by atoms with Crippen molar-refractivity contribution in [3.8, 4) is 0 Å². The standard InChI is InChI=1S/C14H20FN/c1-11-9-16-10-14(11,2)8-7-12-3-5-13(15)6-4-12/h3-6,11,16H,7-10H2,1-2H3. The summed E-state index contributed by atoms with van der Waals surface area (Å²) in [5.74, 6) is 0.582. The van der Waals surface area contributed by atoms with Gasteiger partial charge in [0.15, 0.2) is 0 Å². The van der Waals surface area contributed by atoms with Gasteiger partial charge in [-0.25, -0.2) is 4.39 Å². The minimum Gasteiger partial charge on any atom is -0.316 e. The van der Waals surface area contributed by atoms with Gasteiger partial charge >= 0.3 is 0 Å². The molecule has 0 aromatic heterocycles. The van der Waals surface area contributed by atoms with Gasteiger partial charge in [0, 0.05) is 6.54 Å². The summed E-state index contributed by atoms with van der Waals surface area (Å²) in [6.07, 6.45) is 2.22. The molecule has 1 saturated heterocycles. The molecule has 2 rings (SSSR count). The van der Waals surface area contributed by atoms with Crippen molar-refractivity contribution in [3.63, 3.8) is 0 Å². The first-order chi connectivity index (χ1) is 7.60. The zero-order chi connectivity index (χ0) is 11.6. The van der Waals surface area contributed by atoms with E-state index in [-0.39, 0.29) is 5.82 Å². The molecule has 1 aromatic rings. The van der Waals surface area contributed by atoms with Crippen LogP contribution in [-0.2, 0) is 6.42 Å². The Bertz CT molecular complexity index is 346. The maximum absolute atomic E-state index is 12.8.